The normalized spacial score (nSPS) is 24.4. The summed E-state index contributed by atoms with van der Waals surface area (Å²) in [7, 11) is -3.59. The third-order valence-corrected chi connectivity index (χ3v) is 2.86. The number of carboxylic acid groups (broad SMARTS) is 1. The van der Waals surface area contributed by atoms with Crippen LogP contribution in [-0.2, 0) is 19.6 Å². The van der Waals surface area contributed by atoms with Gasteiger partial charge in [0, 0.05) is 13.0 Å². The number of hydrogen-bond donors (Lipinski definition) is 2. The average molecular weight is 222 g/mol. The van der Waals surface area contributed by atoms with Crippen molar-refractivity contribution in [3.8, 4) is 0 Å². The van der Waals surface area contributed by atoms with Crippen molar-refractivity contribution in [2.24, 2.45) is 5.92 Å². The van der Waals surface area contributed by atoms with Gasteiger partial charge in [-0.05, 0) is 0 Å². The van der Waals surface area contributed by atoms with Crippen LogP contribution in [0.3, 0.4) is 0 Å². The summed E-state index contributed by atoms with van der Waals surface area (Å²) in [5, 5.41) is 8.64. The van der Waals surface area contributed by atoms with Crippen LogP contribution in [0.1, 0.15) is 6.42 Å². The maximum Gasteiger partial charge on any atom is 0.308 e. The van der Waals surface area contributed by atoms with Crippen molar-refractivity contribution < 1.29 is 23.1 Å². The molecule has 8 heteroatoms. The van der Waals surface area contributed by atoms with Crippen LogP contribution in [0.25, 0.3) is 0 Å². The zero-order chi connectivity index (χ0) is 10.9. The Kier molecular flexibility index (Phi) is 2.76. The monoisotopic (exact) mass is 222 g/mol. The summed E-state index contributed by atoms with van der Waals surface area (Å²) in [5.41, 5.74) is 2.08. The Balaban J connectivity index is 2.83. The number of nitrogens with one attached hydrogen (secondary N) is 1. The minimum atomic E-state index is -3.59. The highest BCUT2D eigenvalue weighted by molar-refractivity contribution is 7.88. The van der Waals surface area contributed by atoms with E-state index < -0.39 is 27.8 Å². The van der Waals surface area contributed by atoms with Crippen LogP contribution in [0.4, 0.5) is 0 Å². The van der Waals surface area contributed by atoms with E-state index >= 15 is 0 Å². The molecule has 0 aromatic carbocycles. The lowest BCUT2D eigenvalue weighted by molar-refractivity contribution is -0.147. The molecule has 1 aliphatic heterocycles. The number of hydrazine groups is 1. The predicted octanol–water partition coefficient (Wildman–Crippen LogP) is -1.62. The van der Waals surface area contributed by atoms with Crippen molar-refractivity contribution in [2.45, 2.75) is 6.42 Å². The number of rotatable bonds is 2. The summed E-state index contributed by atoms with van der Waals surface area (Å²) in [6.07, 6.45) is 0.707. The van der Waals surface area contributed by atoms with E-state index in [4.69, 9.17) is 5.11 Å². The van der Waals surface area contributed by atoms with Crippen molar-refractivity contribution in [1.82, 2.24) is 9.84 Å². The van der Waals surface area contributed by atoms with Crippen molar-refractivity contribution >= 4 is 21.9 Å². The summed E-state index contributed by atoms with van der Waals surface area (Å²) in [6, 6.07) is 0. The van der Waals surface area contributed by atoms with Crippen LogP contribution in [0, 0.1) is 5.92 Å². The van der Waals surface area contributed by atoms with Crippen molar-refractivity contribution in [2.75, 3.05) is 12.8 Å². The zero-order valence-corrected chi connectivity index (χ0v) is 8.24. The Morgan fingerprint density at radius 1 is 1.64 bits per heavy atom. The van der Waals surface area contributed by atoms with Gasteiger partial charge < -0.3 is 5.11 Å². The largest absolute Gasteiger partial charge is 0.481 e. The van der Waals surface area contributed by atoms with E-state index in [1.165, 1.54) is 0 Å². The van der Waals surface area contributed by atoms with Crippen molar-refractivity contribution in [3.05, 3.63) is 0 Å². The van der Waals surface area contributed by atoms with Gasteiger partial charge in [0.25, 0.3) is 0 Å². The molecule has 1 heterocycles. The van der Waals surface area contributed by atoms with Crippen LogP contribution < -0.4 is 5.43 Å². The summed E-state index contributed by atoms with van der Waals surface area (Å²) in [6.45, 7) is -0.222. The molecule has 1 unspecified atom stereocenters. The first kappa shape index (κ1) is 10.9. The van der Waals surface area contributed by atoms with Crippen LogP contribution in [-0.4, -0.2) is 42.6 Å². The third kappa shape index (κ3) is 2.42. The molecule has 0 aromatic rings. The molecule has 0 aliphatic carbocycles. The van der Waals surface area contributed by atoms with E-state index in [1.54, 1.807) is 0 Å². The minimum absolute atomic E-state index is 0.193. The maximum atomic E-state index is 11.0. The topological polar surface area (TPSA) is 104 Å². The molecule has 1 aliphatic rings. The third-order valence-electron chi connectivity index (χ3n) is 1.82. The number of nitrogens with zero attached hydrogens (tertiary/aromatic N) is 1. The fourth-order valence-electron chi connectivity index (χ4n) is 1.10. The van der Waals surface area contributed by atoms with Gasteiger partial charge in [0.1, 0.15) is 0 Å². The van der Waals surface area contributed by atoms with Crippen molar-refractivity contribution in [1.29, 1.82) is 0 Å². The second kappa shape index (κ2) is 3.54. The molecule has 0 radical (unpaired) electrons. The second-order valence-electron chi connectivity index (χ2n) is 3.07. The van der Waals surface area contributed by atoms with E-state index in [0.29, 0.717) is 4.41 Å². The smallest absolute Gasteiger partial charge is 0.308 e. The number of amides is 1. The molecule has 14 heavy (non-hydrogen) atoms. The molecule has 1 rings (SSSR count). The fraction of sp³-hybridized carbons (Fsp3) is 0.667. The lowest BCUT2D eigenvalue weighted by Crippen LogP contribution is -2.54. The Morgan fingerprint density at radius 3 is 2.64 bits per heavy atom. The first-order valence-corrected chi connectivity index (χ1v) is 5.65. The number of carbonyl (C=O) groups is 2. The van der Waals surface area contributed by atoms with Gasteiger partial charge >= 0.3 is 5.97 Å². The molecule has 0 saturated carbocycles. The first-order valence-electron chi connectivity index (χ1n) is 3.80. The number of hydrogen-bond acceptors (Lipinski definition) is 4. The Bertz CT molecular complexity index is 362. The highest BCUT2D eigenvalue weighted by Gasteiger charge is 2.33. The number of carbonyl (C=O) groups excluding carboxylic acids is 1. The second-order valence-corrected chi connectivity index (χ2v) is 4.98. The van der Waals surface area contributed by atoms with Gasteiger partial charge in [0.2, 0.25) is 15.9 Å². The molecular formula is C6H10N2O5S. The summed E-state index contributed by atoms with van der Waals surface area (Å²) in [4.78, 5) is 21.5. The fourth-order valence-corrected chi connectivity index (χ4v) is 1.82. The molecule has 7 nitrogen and oxygen atoms in total. The van der Waals surface area contributed by atoms with E-state index in [1.807, 2.05) is 0 Å². The van der Waals surface area contributed by atoms with Gasteiger partial charge in [-0.25, -0.2) is 8.42 Å². The van der Waals surface area contributed by atoms with Gasteiger partial charge in [-0.1, -0.05) is 0 Å². The molecule has 0 spiro atoms. The average Bonchev–Trinajstić information content (AvgIpc) is 2.01. The minimum Gasteiger partial charge on any atom is -0.481 e. The van der Waals surface area contributed by atoms with Crippen molar-refractivity contribution in [3.63, 3.8) is 0 Å². The quantitative estimate of drug-likeness (QED) is 0.584. The van der Waals surface area contributed by atoms with E-state index in [0.717, 1.165) is 6.26 Å². The van der Waals surface area contributed by atoms with Crippen LogP contribution in [0.5, 0.6) is 0 Å². The summed E-state index contributed by atoms with van der Waals surface area (Å²) < 4.78 is 22.7. The zero-order valence-electron chi connectivity index (χ0n) is 7.43. The highest BCUT2D eigenvalue weighted by Crippen LogP contribution is 2.12. The molecule has 0 aromatic heterocycles. The van der Waals surface area contributed by atoms with Crippen LogP contribution in [0.2, 0.25) is 0 Å². The number of aliphatic carboxylic acids is 1. The molecule has 1 atom stereocenters. The number of carboxylic acids is 1. The van der Waals surface area contributed by atoms with Gasteiger partial charge in [0.05, 0.1) is 12.2 Å². The van der Waals surface area contributed by atoms with Crippen LogP contribution in [0.15, 0.2) is 0 Å². The van der Waals surface area contributed by atoms with Gasteiger partial charge in [-0.15, -0.1) is 4.41 Å². The molecule has 1 amide bonds. The standard InChI is InChI=1S/C6H10N2O5S/c1-14(12,13)8-3-4(6(10)11)2-5(9)7-8/h4H,2-3H2,1H3,(H,7,9)(H,10,11). The Labute approximate surface area is 80.7 Å². The SMILES string of the molecule is CS(=O)(=O)N1CC(C(=O)O)CC(=O)N1. The maximum absolute atomic E-state index is 11.0. The highest BCUT2D eigenvalue weighted by atomic mass is 32.2. The first-order chi connectivity index (χ1) is 6.30. The van der Waals surface area contributed by atoms with Gasteiger partial charge in [-0.2, -0.15) is 0 Å². The summed E-state index contributed by atoms with van der Waals surface area (Å²) >= 11 is 0. The van der Waals surface area contributed by atoms with Crippen LogP contribution >= 0.6 is 0 Å². The van der Waals surface area contributed by atoms with Gasteiger partial charge in [0.15, 0.2) is 0 Å². The lowest BCUT2D eigenvalue weighted by atomic mass is 10.0. The number of sulfonamides is 1. The molecule has 2 N–H and O–H groups in total. The summed E-state index contributed by atoms with van der Waals surface area (Å²) in [5.74, 6) is -2.75. The van der Waals surface area contributed by atoms with Gasteiger partial charge in [-0.3, -0.25) is 15.0 Å². The van der Waals surface area contributed by atoms with E-state index in [-0.39, 0.29) is 13.0 Å². The molecular weight excluding hydrogens is 212 g/mol. The Hall–Kier alpha value is -1.15. The molecule has 1 saturated heterocycles. The predicted molar refractivity (Wildman–Crippen MR) is 45.4 cm³/mol. The van der Waals surface area contributed by atoms with E-state index in [2.05, 4.69) is 5.43 Å². The van der Waals surface area contributed by atoms with E-state index in [9.17, 15) is 18.0 Å². The molecule has 0 bridgehead atoms. The molecule has 80 valence electrons. The molecule has 1 fully saturated rings. The Morgan fingerprint density at radius 2 is 2.21 bits per heavy atom. The lowest BCUT2D eigenvalue weighted by Gasteiger charge is -2.28.